The highest BCUT2D eigenvalue weighted by Gasteiger charge is 2.14. The third-order valence-electron chi connectivity index (χ3n) is 3.43. The third kappa shape index (κ3) is 5.38. The van der Waals surface area contributed by atoms with E-state index in [1.807, 2.05) is 19.9 Å². The average molecular weight is 346 g/mol. The summed E-state index contributed by atoms with van der Waals surface area (Å²) in [5, 5.41) is 5.86. The lowest BCUT2D eigenvalue weighted by Gasteiger charge is -2.17. The van der Waals surface area contributed by atoms with Gasteiger partial charge in [-0.15, -0.1) is 0 Å². The molecule has 2 rings (SSSR count). The predicted octanol–water partition coefficient (Wildman–Crippen LogP) is 4.06. The van der Waals surface area contributed by atoms with Crippen molar-refractivity contribution in [3.8, 4) is 11.5 Å². The SMILES string of the molecule is CCOc1ccc(N[C@H](C)C(=O)Nc2ccc(F)cc2)cc1OCC. The Morgan fingerprint density at radius 1 is 1.00 bits per heavy atom. The number of carbonyl (C=O) groups is 1. The number of ether oxygens (including phenoxy) is 2. The Kier molecular flexibility index (Phi) is 6.62. The summed E-state index contributed by atoms with van der Waals surface area (Å²) in [6.07, 6.45) is 0. The molecule has 0 bridgehead atoms. The number of nitrogens with one attached hydrogen (secondary N) is 2. The molecule has 1 amide bonds. The van der Waals surface area contributed by atoms with E-state index in [0.717, 1.165) is 5.69 Å². The molecule has 25 heavy (non-hydrogen) atoms. The van der Waals surface area contributed by atoms with Gasteiger partial charge in [-0.05, 0) is 57.2 Å². The standard InChI is InChI=1S/C19H23FN2O3/c1-4-24-17-11-10-16(12-18(17)25-5-2)21-13(3)19(23)22-15-8-6-14(20)7-9-15/h6-13,21H,4-5H2,1-3H3,(H,22,23)/t13-/m1/s1. The Morgan fingerprint density at radius 2 is 1.60 bits per heavy atom. The van der Waals surface area contributed by atoms with Crippen LogP contribution in [-0.2, 0) is 4.79 Å². The van der Waals surface area contributed by atoms with Crippen LogP contribution in [0, 0.1) is 5.82 Å². The Balaban J connectivity index is 2.03. The van der Waals surface area contributed by atoms with Crippen molar-refractivity contribution in [3.63, 3.8) is 0 Å². The van der Waals surface area contributed by atoms with Crippen molar-refractivity contribution in [2.75, 3.05) is 23.8 Å². The summed E-state index contributed by atoms with van der Waals surface area (Å²) >= 11 is 0. The van der Waals surface area contributed by atoms with Gasteiger partial charge < -0.3 is 20.1 Å². The van der Waals surface area contributed by atoms with Crippen LogP contribution in [-0.4, -0.2) is 25.2 Å². The van der Waals surface area contributed by atoms with Crippen LogP contribution < -0.4 is 20.1 Å². The van der Waals surface area contributed by atoms with Crippen LogP contribution in [0.15, 0.2) is 42.5 Å². The minimum atomic E-state index is -0.488. The van der Waals surface area contributed by atoms with Crippen molar-refractivity contribution in [1.29, 1.82) is 0 Å². The fraction of sp³-hybridized carbons (Fsp3) is 0.316. The van der Waals surface area contributed by atoms with Gasteiger partial charge in [-0.1, -0.05) is 0 Å². The summed E-state index contributed by atoms with van der Waals surface area (Å²) in [5.41, 5.74) is 1.29. The molecule has 2 aromatic carbocycles. The van der Waals surface area contributed by atoms with Crippen molar-refractivity contribution >= 4 is 17.3 Å². The van der Waals surface area contributed by atoms with Crippen LogP contribution in [0.2, 0.25) is 0 Å². The maximum atomic E-state index is 12.9. The molecule has 0 spiro atoms. The highest BCUT2D eigenvalue weighted by molar-refractivity contribution is 5.96. The number of carbonyl (C=O) groups excluding carboxylic acids is 1. The van der Waals surface area contributed by atoms with Crippen molar-refractivity contribution in [2.45, 2.75) is 26.8 Å². The van der Waals surface area contributed by atoms with Gasteiger partial charge in [-0.3, -0.25) is 4.79 Å². The van der Waals surface area contributed by atoms with E-state index in [1.54, 1.807) is 19.1 Å². The number of benzene rings is 2. The molecule has 0 unspecified atom stereocenters. The van der Waals surface area contributed by atoms with Crippen LogP contribution in [0.3, 0.4) is 0 Å². The second-order valence-electron chi connectivity index (χ2n) is 5.39. The van der Waals surface area contributed by atoms with Crippen molar-refractivity contribution < 1.29 is 18.7 Å². The molecular weight excluding hydrogens is 323 g/mol. The Bertz CT molecular complexity index is 704. The lowest BCUT2D eigenvalue weighted by molar-refractivity contribution is -0.116. The van der Waals surface area contributed by atoms with Gasteiger partial charge in [0.1, 0.15) is 11.9 Å². The monoisotopic (exact) mass is 346 g/mol. The molecule has 2 N–H and O–H groups in total. The van der Waals surface area contributed by atoms with E-state index in [1.165, 1.54) is 24.3 Å². The third-order valence-corrected chi connectivity index (χ3v) is 3.43. The Labute approximate surface area is 147 Å². The van der Waals surface area contributed by atoms with Gasteiger partial charge in [0.05, 0.1) is 13.2 Å². The maximum absolute atomic E-state index is 12.9. The molecule has 2 aromatic rings. The lowest BCUT2D eigenvalue weighted by atomic mass is 10.2. The number of hydrogen-bond donors (Lipinski definition) is 2. The molecule has 0 aliphatic heterocycles. The molecule has 0 fully saturated rings. The van der Waals surface area contributed by atoms with Gasteiger partial charge in [0, 0.05) is 17.4 Å². The first-order valence-corrected chi connectivity index (χ1v) is 8.26. The van der Waals surface area contributed by atoms with Crippen molar-refractivity contribution in [2.24, 2.45) is 0 Å². The van der Waals surface area contributed by atoms with E-state index in [4.69, 9.17) is 9.47 Å². The van der Waals surface area contributed by atoms with Crippen molar-refractivity contribution in [1.82, 2.24) is 0 Å². The predicted molar refractivity (Wildman–Crippen MR) is 96.9 cm³/mol. The van der Waals surface area contributed by atoms with Gasteiger partial charge in [-0.2, -0.15) is 0 Å². The summed E-state index contributed by atoms with van der Waals surface area (Å²) in [6, 6.07) is 10.6. The molecule has 5 nitrogen and oxygen atoms in total. The highest BCUT2D eigenvalue weighted by Crippen LogP contribution is 2.30. The first kappa shape index (κ1) is 18.6. The summed E-state index contributed by atoms with van der Waals surface area (Å²) in [4.78, 5) is 12.3. The minimum absolute atomic E-state index is 0.224. The second kappa shape index (κ2) is 8.92. The highest BCUT2D eigenvalue weighted by atomic mass is 19.1. The molecule has 0 heterocycles. The smallest absolute Gasteiger partial charge is 0.246 e. The van der Waals surface area contributed by atoms with Crippen LogP contribution in [0.5, 0.6) is 11.5 Å². The lowest BCUT2D eigenvalue weighted by Crippen LogP contribution is -2.31. The molecule has 0 saturated heterocycles. The van der Waals surface area contributed by atoms with Gasteiger partial charge in [0.2, 0.25) is 5.91 Å². The zero-order chi connectivity index (χ0) is 18.2. The number of halogens is 1. The summed E-state index contributed by atoms with van der Waals surface area (Å²) in [7, 11) is 0. The van der Waals surface area contributed by atoms with Crippen LogP contribution in [0.1, 0.15) is 20.8 Å². The molecule has 134 valence electrons. The van der Waals surface area contributed by atoms with E-state index >= 15 is 0 Å². The van der Waals surface area contributed by atoms with Gasteiger partial charge in [0.15, 0.2) is 11.5 Å². The number of hydrogen-bond acceptors (Lipinski definition) is 4. The molecule has 0 saturated carbocycles. The van der Waals surface area contributed by atoms with E-state index in [0.29, 0.717) is 30.4 Å². The zero-order valence-electron chi connectivity index (χ0n) is 14.6. The van der Waals surface area contributed by atoms with Gasteiger partial charge in [0.25, 0.3) is 0 Å². The molecule has 0 aliphatic carbocycles. The fourth-order valence-corrected chi connectivity index (χ4v) is 2.24. The number of amides is 1. The van der Waals surface area contributed by atoms with E-state index in [9.17, 15) is 9.18 Å². The van der Waals surface area contributed by atoms with Crippen molar-refractivity contribution in [3.05, 3.63) is 48.3 Å². The zero-order valence-corrected chi connectivity index (χ0v) is 14.6. The summed E-state index contributed by atoms with van der Waals surface area (Å²) in [5.74, 6) is 0.722. The van der Waals surface area contributed by atoms with E-state index in [-0.39, 0.29) is 11.7 Å². The van der Waals surface area contributed by atoms with Crippen LogP contribution >= 0.6 is 0 Å². The first-order chi connectivity index (χ1) is 12.0. The fourth-order valence-electron chi connectivity index (χ4n) is 2.24. The Hall–Kier alpha value is -2.76. The summed E-state index contributed by atoms with van der Waals surface area (Å²) < 4.78 is 24.0. The molecular formula is C19H23FN2O3. The van der Waals surface area contributed by atoms with E-state index in [2.05, 4.69) is 10.6 Å². The normalized spacial score (nSPS) is 11.5. The molecule has 1 atom stereocenters. The molecule has 0 aromatic heterocycles. The molecule has 0 radical (unpaired) electrons. The average Bonchev–Trinajstić information content (AvgIpc) is 2.59. The maximum Gasteiger partial charge on any atom is 0.246 e. The molecule has 0 aliphatic rings. The minimum Gasteiger partial charge on any atom is -0.490 e. The van der Waals surface area contributed by atoms with Gasteiger partial charge >= 0.3 is 0 Å². The largest absolute Gasteiger partial charge is 0.490 e. The quantitative estimate of drug-likeness (QED) is 0.757. The number of rotatable bonds is 8. The number of anilines is 2. The first-order valence-electron chi connectivity index (χ1n) is 8.26. The van der Waals surface area contributed by atoms with Crippen LogP contribution in [0.25, 0.3) is 0 Å². The summed E-state index contributed by atoms with van der Waals surface area (Å²) in [6.45, 7) is 6.61. The Morgan fingerprint density at radius 3 is 2.24 bits per heavy atom. The van der Waals surface area contributed by atoms with E-state index < -0.39 is 6.04 Å². The second-order valence-corrected chi connectivity index (χ2v) is 5.39. The van der Waals surface area contributed by atoms with Crippen LogP contribution in [0.4, 0.5) is 15.8 Å². The molecule has 6 heteroatoms. The van der Waals surface area contributed by atoms with Gasteiger partial charge in [-0.25, -0.2) is 4.39 Å². The topological polar surface area (TPSA) is 59.6 Å².